The second-order valence-electron chi connectivity index (χ2n) is 7.16. The van der Waals surface area contributed by atoms with E-state index in [0.29, 0.717) is 18.8 Å². The third-order valence-electron chi connectivity index (χ3n) is 4.70. The van der Waals surface area contributed by atoms with Crippen molar-refractivity contribution >= 4 is 27.6 Å². The van der Waals surface area contributed by atoms with Gasteiger partial charge in [-0.05, 0) is 61.3 Å². The van der Waals surface area contributed by atoms with Gasteiger partial charge in [0.1, 0.15) is 5.54 Å². The zero-order chi connectivity index (χ0) is 15.7. The van der Waals surface area contributed by atoms with Crippen molar-refractivity contribution in [2.75, 3.05) is 5.32 Å². The average Bonchev–Trinajstić information content (AvgIpc) is 2.41. The van der Waals surface area contributed by atoms with E-state index >= 15 is 0 Å². The Morgan fingerprint density at radius 2 is 1.76 bits per heavy atom. The van der Waals surface area contributed by atoms with Crippen molar-refractivity contribution in [3.63, 3.8) is 0 Å². The Bertz CT molecular complexity index is 497. The number of hydrogen-bond acceptors (Lipinski definition) is 2. The zero-order valence-electron chi connectivity index (χ0n) is 12.9. The lowest BCUT2D eigenvalue weighted by Crippen LogP contribution is -2.50. The van der Waals surface area contributed by atoms with Crippen LogP contribution in [0.2, 0.25) is 0 Å². The summed E-state index contributed by atoms with van der Waals surface area (Å²) in [6.07, 6.45) is 3.28. The van der Waals surface area contributed by atoms with Gasteiger partial charge in [0.15, 0.2) is 0 Å². The molecule has 0 heterocycles. The fourth-order valence-corrected chi connectivity index (χ4v) is 3.44. The average molecular weight is 354 g/mol. The van der Waals surface area contributed by atoms with Gasteiger partial charge >= 0.3 is 5.97 Å². The van der Waals surface area contributed by atoms with Crippen molar-refractivity contribution in [1.82, 2.24) is 0 Å². The summed E-state index contributed by atoms with van der Waals surface area (Å²) in [4.78, 5) is 11.8. The Hall–Kier alpha value is -1.03. The quantitative estimate of drug-likeness (QED) is 0.810. The Morgan fingerprint density at radius 3 is 2.19 bits per heavy atom. The van der Waals surface area contributed by atoms with Gasteiger partial charge in [-0.3, -0.25) is 0 Å². The molecule has 2 rings (SSSR count). The van der Waals surface area contributed by atoms with Gasteiger partial charge in [0.2, 0.25) is 0 Å². The van der Waals surface area contributed by atoms with Gasteiger partial charge in [-0.25, -0.2) is 4.79 Å². The summed E-state index contributed by atoms with van der Waals surface area (Å²) in [7, 11) is 0. The molecule has 0 aliphatic heterocycles. The summed E-state index contributed by atoms with van der Waals surface area (Å²) < 4.78 is 0.994. The van der Waals surface area contributed by atoms with Crippen molar-refractivity contribution in [2.45, 2.75) is 52.0 Å². The number of carbonyl (C=O) groups is 1. The van der Waals surface area contributed by atoms with Crippen LogP contribution in [0.4, 0.5) is 5.69 Å². The highest BCUT2D eigenvalue weighted by Gasteiger charge is 2.44. The van der Waals surface area contributed by atoms with E-state index < -0.39 is 11.5 Å². The van der Waals surface area contributed by atoms with Gasteiger partial charge in [0, 0.05) is 10.2 Å². The summed E-state index contributed by atoms with van der Waals surface area (Å²) >= 11 is 3.40. The Kier molecular flexibility index (Phi) is 4.66. The number of nitrogens with one attached hydrogen (secondary N) is 1. The highest BCUT2D eigenvalue weighted by molar-refractivity contribution is 9.10. The van der Waals surface area contributed by atoms with Crippen molar-refractivity contribution < 1.29 is 9.90 Å². The Morgan fingerprint density at radius 1 is 1.24 bits per heavy atom. The zero-order valence-corrected chi connectivity index (χ0v) is 14.5. The number of aliphatic carboxylic acids is 1. The second kappa shape index (κ2) is 5.99. The molecule has 2 N–H and O–H groups in total. The predicted octanol–water partition coefficient (Wildman–Crippen LogP) is 4.92. The maximum Gasteiger partial charge on any atom is 0.329 e. The molecule has 1 saturated carbocycles. The molecule has 3 nitrogen and oxygen atoms in total. The van der Waals surface area contributed by atoms with Crippen LogP contribution >= 0.6 is 15.9 Å². The van der Waals surface area contributed by atoms with E-state index in [1.807, 2.05) is 24.3 Å². The molecule has 0 saturated heterocycles. The normalized spacial score (nSPS) is 26.4. The van der Waals surface area contributed by atoms with E-state index in [2.05, 4.69) is 42.0 Å². The van der Waals surface area contributed by atoms with Crippen molar-refractivity contribution in [1.29, 1.82) is 0 Å². The molecule has 0 spiro atoms. The minimum absolute atomic E-state index is 0.252. The fraction of sp³-hybridized carbons (Fsp3) is 0.588. The first-order chi connectivity index (χ1) is 9.73. The van der Waals surface area contributed by atoms with Crippen molar-refractivity contribution in [2.24, 2.45) is 11.3 Å². The largest absolute Gasteiger partial charge is 0.480 e. The summed E-state index contributed by atoms with van der Waals surface area (Å²) in [5.41, 5.74) is 0.299. The van der Waals surface area contributed by atoms with Crippen LogP contribution in [-0.2, 0) is 4.79 Å². The Balaban J connectivity index is 2.13. The molecule has 1 aromatic rings. The first kappa shape index (κ1) is 16.3. The summed E-state index contributed by atoms with van der Waals surface area (Å²) in [5.74, 6) is -0.144. The van der Waals surface area contributed by atoms with Gasteiger partial charge in [-0.2, -0.15) is 0 Å². The summed E-state index contributed by atoms with van der Waals surface area (Å²) in [6, 6.07) is 7.70. The molecule has 21 heavy (non-hydrogen) atoms. The number of carboxylic acid groups (broad SMARTS) is 1. The van der Waals surface area contributed by atoms with Gasteiger partial charge in [-0.1, -0.05) is 36.7 Å². The van der Waals surface area contributed by atoms with Crippen molar-refractivity contribution in [3.05, 3.63) is 28.7 Å². The lowest BCUT2D eigenvalue weighted by molar-refractivity contribution is -0.144. The topological polar surface area (TPSA) is 49.3 Å². The molecule has 1 fully saturated rings. The molecule has 0 atom stereocenters. The lowest BCUT2D eigenvalue weighted by Gasteiger charge is -2.42. The summed E-state index contributed by atoms with van der Waals surface area (Å²) in [6.45, 7) is 6.73. The van der Waals surface area contributed by atoms with Crippen molar-refractivity contribution in [3.8, 4) is 0 Å². The molecule has 116 valence electrons. The third kappa shape index (κ3) is 3.79. The summed E-state index contributed by atoms with van der Waals surface area (Å²) in [5, 5.41) is 13.0. The van der Waals surface area contributed by atoms with E-state index in [1.165, 1.54) is 0 Å². The van der Waals surface area contributed by atoms with Gasteiger partial charge in [-0.15, -0.1) is 0 Å². The number of hydrogen-bond donors (Lipinski definition) is 2. The second-order valence-corrected chi connectivity index (χ2v) is 8.08. The lowest BCUT2D eigenvalue weighted by atomic mass is 9.67. The first-order valence-electron chi connectivity index (χ1n) is 7.50. The molecule has 0 unspecified atom stereocenters. The maximum atomic E-state index is 11.8. The van der Waals surface area contributed by atoms with Crippen LogP contribution in [0.3, 0.4) is 0 Å². The van der Waals surface area contributed by atoms with Crippen LogP contribution in [-0.4, -0.2) is 16.6 Å². The fourth-order valence-electron chi connectivity index (χ4n) is 3.18. The monoisotopic (exact) mass is 353 g/mol. The molecule has 1 aromatic carbocycles. The molecule has 0 bridgehead atoms. The van der Waals surface area contributed by atoms with E-state index in [0.717, 1.165) is 23.0 Å². The first-order valence-corrected chi connectivity index (χ1v) is 8.29. The molecular weight excluding hydrogens is 330 g/mol. The van der Waals surface area contributed by atoms with E-state index in [4.69, 9.17) is 0 Å². The van der Waals surface area contributed by atoms with Gasteiger partial charge in [0.25, 0.3) is 0 Å². The highest BCUT2D eigenvalue weighted by atomic mass is 79.9. The van der Waals surface area contributed by atoms with Crippen LogP contribution in [0.25, 0.3) is 0 Å². The SMILES string of the molecule is CC(C)(C)C1CCC(Nc2ccc(Br)cc2)(C(=O)O)CC1. The molecule has 0 radical (unpaired) electrons. The molecular formula is C17H24BrNO2. The standard InChI is InChI=1S/C17H24BrNO2/c1-16(2,3)12-8-10-17(11-9-12,15(20)21)19-14-6-4-13(18)5-7-14/h4-7,12,19H,8-11H2,1-3H3,(H,20,21). The predicted molar refractivity (Wildman–Crippen MR) is 89.5 cm³/mol. The molecule has 1 aliphatic rings. The minimum Gasteiger partial charge on any atom is -0.480 e. The number of anilines is 1. The van der Waals surface area contributed by atoms with Crippen LogP contribution < -0.4 is 5.32 Å². The van der Waals surface area contributed by atoms with Crippen LogP contribution in [0.5, 0.6) is 0 Å². The molecule has 0 aromatic heterocycles. The highest BCUT2D eigenvalue weighted by Crippen LogP contribution is 2.42. The number of benzene rings is 1. The molecule has 0 amide bonds. The minimum atomic E-state index is -0.824. The Labute approximate surface area is 135 Å². The van der Waals surface area contributed by atoms with Crippen LogP contribution in [0.1, 0.15) is 46.5 Å². The third-order valence-corrected chi connectivity index (χ3v) is 5.23. The number of rotatable bonds is 3. The van der Waals surface area contributed by atoms with E-state index in [1.54, 1.807) is 0 Å². The van der Waals surface area contributed by atoms with Gasteiger partial charge in [0.05, 0.1) is 0 Å². The van der Waals surface area contributed by atoms with Crippen LogP contribution in [0, 0.1) is 11.3 Å². The van der Waals surface area contributed by atoms with Gasteiger partial charge < -0.3 is 10.4 Å². The number of carboxylic acids is 1. The van der Waals surface area contributed by atoms with E-state index in [-0.39, 0.29) is 5.41 Å². The molecule has 1 aliphatic carbocycles. The van der Waals surface area contributed by atoms with E-state index in [9.17, 15) is 9.90 Å². The van der Waals surface area contributed by atoms with Crippen LogP contribution in [0.15, 0.2) is 28.7 Å². The molecule has 4 heteroatoms. The smallest absolute Gasteiger partial charge is 0.329 e. The number of halogens is 1. The maximum absolute atomic E-state index is 11.8.